The number of benzene rings is 2. The molecule has 8 nitrogen and oxygen atoms in total. The largest absolute Gasteiger partial charge is 0.398 e. The highest BCUT2D eigenvalue weighted by molar-refractivity contribution is 7.86. The Labute approximate surface area is 152 Å². The molecule has 2 aromatic carbocycles. The molecule has 0 heterocycles. The zero-order valence-electron chi connectivity index (χ0n) is 14.7. The number of hydrogen-bond donors (Lipinski definition) is 4. The third-order valence-corrected chi connectivity index (χ3v) is 6.44. The smallest absolute Gasteiger partial charge is 0.295 e. The van der Waals surface area contributed by atoms with Crippen LogP contribution < -0.4 is 11.5 Å². The summed E-state index contributed by atoms with van der Waals surface area (Å²) in [6, 6.07) is 2.70. The summed E-state index contributed by atoms with van der Waals surface area (Å²) in [7, 11) is -9.47. The Balaban J connectivity index is 3.18. The van der Waals surface area contributed by atoms with E-state index in [1.165, 1.54) is 26.0 Å². The molecule has 10 heteroatoms. The Hall–Kier alpha value is -2.14. The first-order chi connectivity index (χ1) is 11.7. The molecule has 0 amide bonds. The summed E-state index contributed by atoms with van der Waals surface area (Å²) < 4.78 is 67.3. The summed E-state index contributed by atoms with van der Waals surface area (Å²) >= 11 is 0. The monoisotopic (exact) mass is 400 g/mol. The van der Waals surface area contributed by atoms with E-state index in [2.05, 4.69) is 0 Å². The second-order valence-corrected chi connectivity index (χ2v) is 8.88. The molecule has 2 aromatic rings. The van der Waals surface area contributed by atoms with Crippen molar-refractivity contribution < 1.29 is 25.9 Å². The van der Waals surface area contributed by atoms with Gasteiger partial charge in [-0.05, 0) is 62.1 Å². The Kier molecular flexibility index (Phi) is 4.84. The third kappa shape index (κ3) is 3.28. The molecule has 0 saturated carbocycles. The molecule has 0 aromatic heterocycles. The van der Waals surface area contributed by atoms with E-state index < -0.39 is 30.0 Å². The van der Waals surface area contributed by atoms with Crippen molar-refractivity contribution in [2.45, 2.75) is 37.5 Å². The average Bonchev–Trinajstić information content (AvgIpc) is 2.46. The number of hydrogen-bond acceptors (Lipinski definition) is 6. The molecule has 0 aliphatic carbocycles. The minimum absolute atomic E-state index is 0.0796. The maximum Gasteiger partial charge on any atom is 0.295 e. The van der Waals surface area contributed by atoms with Crippen molar-refractivity contribution in [1.82, 2.24) is 0 Å². The second-order valence-electron chi connectivity index (χ2n) is 6.17. The van der Waals surface area contributed by atoms with Gasteiger partial charge in [-0.25, -0.2) is 0 Å². The van der Waals surface area contributed by atoms with Gasteiger partial charge >= 0.3 is 0 Å². The average molecular weight is 400 g/mol. The summed E-state index contributed by atoms with van der Waals surface area (Å²) in [6.45, 7) is 6.03. The van der Waals surface area contributed by atoms with Gasteiger partial charge in [-0.15, -0.1) is 0 Å². The Morgan fingerprint density at radius 3 is 1.19 bits per heavy atom. The molecule has 0 spiro atoms. The van der Waals surface area contributed by atoms with Crippen LogP contribution in [0.3, 0.4) is 0 Å². The lowest BCUT2D eigenvalue weighted by atomic mass is 9.95. The van der Waals surface area contributed by atoms with Crippen molar-refractivity contribution >= 4 is 31.6 Å². The van der Waals surface area contributed by atoms with E-state index in [4.69, 9.17) is 11.5 Å². The summed E-state index contributed by atoms with van der Waals surface area (Å²) in [4.78, 5) is -1.04. The first-order valence-corrected chi connectivity index (χ1v) is 10.3. The van der Waals surface area contributed by atoms with Crippen molar-refractivity contribution in [3.8, 4) is 11.1 Å². The van der Waals surface area contributed by atoms with Crippen LogP contribution in [-0.4, -0.2) is 25.9 Å². The fraction of sp³-hybridized carbons (Fsp3) is 0.250. The van der Waals surface area contributed by atoms with Gasteiger partial charge in [0.2, 0.25) is 0 Å². The lowest BCUT2D eigenvalue weighted by Crippen LogP contribution is -2.12. The van der Waals surface area contributed by atoms with Crippen LogP contribution >= 0.6 is 0 Å². The SMILES string of the molecule is Cc1cc(-c2cc(C)c(N)c(C)c2S(=O)(=O)O)c(S(=O)(=O)O)c(C)c1N. The molecule has 0 aliphatic rings. The van der Waals surface area contributed by atoms with E-state index >= 15 is 0 Å². The molecule has 0 radical (unpaired) electrons. The van der Waals surface area contributed by atoms with Gasteiger partial charge in [0.15, 0.2) is 0 Å². The first-order valence-electron chi connectivity index (χ1n) is 7.42. The Morgan fingerprint density at radius 2 is 0.962 bits per heavy atom. The summed E-state index contributed by atoms with van der Waals surface area (Å²) in [5.41, 5.74) is 13.0. The van der Waals surface area contributed by atoms with Crippen molar-refractivity contribution in [2.24, 2.45) is 0 Å². The second kappa shape index (κ2) is 6.23. The molecule has 0 saturated heterocycles. The van der Waals surface area contributed by atoms with E-state index in [0.29, 0.717) is 11.1 Å². The maximum absolute atomic E-state index is 12.0. The van der Waals surface area contributed by atoms with Crippen LogP contribution in [0.25, 0.3) is 11.1 Å². The first kappa shape index (κ1) is 20.2. The van der Waals surface area contributed by atoms with Gasteiger partial charge < -0.3 is 11.5 Å². The predicted molar refractivity (Wildman–Crippen MR) is 99.3 cm³/mol. The van der Waals surface area contributed by atoms with Gasteiger partial charge in [-0.1, -0.05) is 0 Å². The molecule has 0 aliphatic heterocycles. The zero-order valence-corrected chi connectivity index (χ0v) is 16.3. The minimum Gasteiger partial charge on any atom is -0.398 e. The van der Waals surface area contributed by atoms with Crippen LogP contribution in [0.15, 0.2) is 21.9 Å². The molecule has 142 valence electrons. The number of nitrogens with two attached hydrogens (primary N) is 2. The van der Waals surface area contributed by atoms with Gasteiger partial charge in [-0.3, -0.25) is 9.11 Å². The van der Waals surface area contributed by atoms with E-state index in [1.54, 1.807) is 13.8 Å². The number of nitrogen functional groups attached to an aromatic ring is 2. The van der Waals surface area contributed by atoms with Crippen LogP contribution in [0, 0.1) is 27.7 Å². The molecule has 0 bridgehead atoms. The summed E-state index contributed by atoms with van der Waals surface area (Å²) in [6.07, 6.45) is 0. The van der Waals surface area contributed by atoms with E-state index in [-0.39, 0.29) is 33.6 Å². The lowest BCUT2D eigenvalue weighted by molar-refractivity contribution is 0.479. The van der Waals surface area contributed by atoms with Crippen LogP contribution in [-0.2, 0) is 20.2 Å². The highest BCUT2D eigenvalue weighted by atomic mass is 32.2. The quantitative estimate of drug-likeness (QED) is 0.450. The molecular formula is C16H20N2O6S2. The van der Waals surface area contributed by atoms with Crippen molar-refractivity contribution in [3.05, 3.63) is 34.4 Å². The number of aryl methyl sites for hydroxylation is 2. The van der Waals surface area contributed by atoms with Crippen LogP contribution in [0.4, 0.5) is 11.4 Å². The van der Waals surface area contributed by atoms with Crippen molar-refractivity contribution in [3.63, 3.8) is 0 Å². The standard InChI is InChI=1S/C16H20N2O6S2/c1-7-5-11(15(25(19,20)21)9(3)13(7)17)12-6-8(2)14(18)10(4)16(12)26(22,23)24/h5-6H,17-18H2,1-4H3,(H,19,20,21)(H,22,23,24). The number of anilines is 2. The molecule has 6 N–H and O–H groups in total. The highest BCUT2D eigenvalue weighted by Crippen LogP contribution is 2.41. The Bertz CT molecular complexity index is 1040. The van der Waals surface area contributed by atoms with E-state index in [9.17, 15) is 25.9 Å². The molecule has 0 unspecified atom stereocenters. The Morgan fingerprint density at radius 1 is 0.692 bits per heavy atom. The van der Waals surface area contributed by atoms with Crippen LogP contribution in [0.5, 0.6) is 0 Å². The van der Waals surface area contributed by atoms with Gasteiger partial charge in [0.1, 0.15) is 9.79 Å². The molecule has 26 heavy (non-hydrogen) atoms. The van der Waals surface area contributed by atoms with Crippen LogP contribution in [0.2, 0.25) is 0 Å². The maximum atomic E-state index is 12.0. The zero-order chi connectivity index (χ0) is 20.2. The highest BCUT2D eigenvalue weighted by Gasteiger charge is 2.29. The molecular weight excluding hydrogens is 380 g/mol. The molecule has 0 atom stereocenters. The summed E-state index contributed by atoms with van der Waals surface area (Å²) in [5.74, 6) is 0. The lowest BCUT2D eigenvalue weighted by Gasteiger charge is -2.19. The fourth-order valence-electron chi connectivity index (χ4n) is 3.02. The van der Waals surface area contributed by atoms with Gasteiger partial charge in [0.25, 0.3) is 20.2 Å². The minimum atomic E-state index is -4.74. The van der Waals surface area contributed by atoms with Crippen molar-refractivity contribution in [1.29, 1.82) is 0 Å². The normalized spacial score (nSPS) is 12.4. The fourth-order valence-corrected chi connectivity index (χ4v) is 4.91. The van der Waals surface area contributed by atoms with E-state index in [1.807, 2.05) is 0 Å². The third-order valence-electron chi connectivity index (χ3n) is 4.36. The molecule has 2 rings (SSSR count). The number of rotatable bonds is 3. The van der Waals surface area contributed by atoms with Gasteiger partial charge in [-0.2, -0.15) is 16.8 Å². The van der Waals surface area contributed by atoms with Gasteiger partial charge in [0, 0.05) is 22.5 Å². The molecule has 0 fully saturated rings. The van der Waals surface area contributed by atoms with Gasteiger partial charge in [0.05, 0.1) is 0 Å². The van der Waals surface area contributed by atoms with Crippen LogP contribution in [0.1, 0.15) is 22.3 Å². The van der Waals surface area contributed by atoms with E-state index in [0.717, 1.165) is 0 Å². The topological polar surface area (TPSA) is 161 Å². The predicted octanol–water partition coefficient (Wildman–Crippen LogP) is 2.25. The van der Waals surface area contributed by atoms with Crippen molar-refractivity contribution in [2.75, 3.05) is 11.5 Å². The summed E-state index contributed by atoms with van der Waals surface area (Å²) in [5, 5.41) is 0.